The molecular formula is C53H88O14. The summed E-state index contributed by atoms with van der Waals surface area (Å²) < 4.78 is 34.2. The highest BCUT2D eigenvalue weighted by molar-refractivity contribution is 5.69. The van der Waals surface area contributed by atoms with Crippen molar-refractivity contribution in [3.8, 4) is 0 Å². The minimum absolute atomic E-state index is 0.0340. The van der Waals surface area contributed by atoms with Crippen molar-refractivity contribution in [3.63, 3.8) is 0 Å². The third kappa shape index (κ3) is 27.8. The summed E-state index contributed by atoms with van der Waals surface area (Å²) in [4.78, 5) is 13.0. The first-order valence-electron chi connectivity index (χ1n) is 25.2. The molecule has 14 heteroatoms. The first kappa shape index (κ1) is 60.3. The molecule has 384 valence electrons. The Kier molecular flexibility index (Phi) is 36.0. The molecule has 0 aromatic heterocycles. The number of hydrogen-bond donors (Lipinski definition) is 7. The summed E-state index contributed by atoms with van der Waals surface area (Å²) in [7, 11) is 0. The molecule has 2 heterocycles. The van der Waals surface area contributed by atoms with Gasteiger partial charge in [0.15, 0.2) is 12.6 Å². The molecule has 0 bridgehead atoms. The lowest BCUT2D eigenvalue weighted by Gasteiger charge is -2.42. The van der Waals surface area contributed by atoms with Crippen LogP contribution in [0.25, 0.3) is 0 Å². The fraction of sp³-hybridized carbons (Fsp3) is 0.717. The lowest BCUT2D eigenvalue weighted by Crippen LogP contribution is -2.61. The Labute approximate surface area is 401 Å². The van der Waals surface area contributed by atoms with Gasteiger partial charge in [-0.1, -0.05) is 137 Å². The highest BCUT2D eigenvalue weighted by Crippen LogP contribution is 2.26. The van der Waals surface area contributed by atoms with Crippen molar-refractivity contribution in [3.05, 3.63) is 85.1 Å². The predicted octanol–water partition coefficient (Wildman–Crippen LogP) is 7.29. The van der Waals surface area contributed by atoms with Gasteiger partial charge < -0.3 is 64.2 Å². The Balaban J connectivity index is 1.79. The van der Waals surface area contributed by atoms with E-state index in [0.717, 1.165) is 89.9 Å². The van der Waals surface area contributed by atoms with Crippen LogP contribution in [0.2, 0.25) is 0 Å². The summed E-state index contributed by atoms with van der Waals surface area (Å²) in [6.07, 6.45) is 33.6. The molecular weight excluding hydrogens is 861 g/mol. The molecule has 2 aliphatic rings. The Hall–Kier alpha value is -2.83. The molecule has 0 radical (unpaired) electrons. The molecule has 67 heavy (non-hydrogen) atoms. The van der Waals surface area contributed by atoms with E-state index in [1.165, 1.54) is 25.7 Å². The zero-order chi connectivity index (χ0) is 48.7. The molecule has 2 fully saturated rings. The summed E-state index contributed by atoms with van der Waals surface area (Å²) in [5, 5.41) is 72.1. The average Bonchev–Trinajstić information content (AvgIpc) is 3.32. The van der Waals surface area contributed by atoms with Crippen LogP contribution < -0.4 is 0 Å². The van der Waals surface area contributed by atoms with Gasteiger partial charge in [0, 0.05) is 13.0 Å². The number of allylic oxidation sites excluding steroid dienone is 14. The molecule has 0 aliphatic carbocycles. The summed E-state index contributed by atoms with van der Waals surface area (Å²) in [5.74, 6) is -0.424. The molecule has 7 N–H and O–H groups in total. The van der Waals surface area contributed by atoms with Gasteiger partial charge in [-0.3, -0.25) is 4.79 Å². The van der Waals surface area contributed by atoms with E-state index in [4.69, 9.17) is 28.4 Å². The molecule has 2 aliphatic heterocycles. The van der Waals surface area contributed by atoms with Gasteiger partial charge in [0.1, 0.15) is 54.9 Å². The van der Waals surface area contributed by atoms with E-state index < -0.39 is 86.7 Å². The third-order valence-corrected chi connectivity index (χ3v) is 11.4. The van der Waals surface area contributed by atoms with Crippen molar-refractivity contribution in [2.75, 3.05) is 33.0 Å². The van der Waals surface area contributed by atoms with Crippen LogP contribution in [0.3, 0.4) is 0 Å². The maximum Gasteiger partial charge on any atom is 0.306 e. The number of rotatable bonds is 38. The van der Waals surface area contributed by atoms with Gasteiger partial charge in [-0.2, -0.15) is 0 Å². The highest BCUT2D eigenvalue weighted by Gasteiger charge is 2.47. The van der Waals surface area contributed by atoms with Crippen LogP contribution in [-0.4, -0.2) is 142 Å². The number of carbonyl (C=O) groups excluding carboxylic acids is 1. The summed E-state index contributed by atoms with van der Waals surface area (Å²) >= 11 is 0. The van der Waals surface area contributed by atoms with Gasteiger partial charge >= 0.3 is 5.97 Å². The molecule has 11 atom stereocenters. The van der Waals surface area contributed by atoms with Crippen molar-refractivity contribution in [1.29, 1.82) is 0 Å². The van der Waals surface area contributed by atoms with E-state index in [2.05, 4.69) is 98.9 Å². The normalized spacial score (nSPS) is 26.8. The van der Waals surface area contributed by atoms with Crippen molar-refractivity contribution >= 4 is 5.97 Å². The number of hydrogen-bond acceptors (Lipinski definition) is 14. The highest BCUT2D eigenvalue weighted by atomic mass is 16.7. The molecule has 14 nitrogen and oxygen atoms in total. The lowest BCUT2D eigenvalue weighted by atomic mass is 9.98. The molecule has 0 aromatic carbocycles. The number of esters is 1. The second-order valence-electron chi connectivity index (χ2n) is 17.3. The first-order valence-corrected chi connectivity index (χ1v) is 25.2. The minimum Gasteiger partial charge on any atom is -0.457 e. The zero-order valence-corrected chi connectivity index (χ0v) is 40.6. The van der Waals surface area contributed by atoms with Crippen LogP contribution >= 0.6 is 0 Å². The van der Waals surface area contributed by atoms with Gasteiger partial charge in [-0.25, -0.2) is 0 Å². The van der Waals surface area contributed by atoms with Crippen LogP contribution in [0.15, 0.2) is 85.1 Å². The van der Waals surface area contributed by atoms with E-state index in [1.54, 1.807) is 0 Å². The predicted molar refractivity (Wildman–Crippen MR) is 261 cm³/mol. The van der Waals surface area contributed by atoms with Gasteiger partial charge in [-0.15, -0.1) is 0 Å². The molecule has 11 unspecified atom stereocenters. The molecule has 2 saturated heterocycles. The molecule has 0 amide bonds. The maximum absolute atomic E-state index is 13.0. The molecule has 0 spiro atoms. The van der Waals surface area contributed by atoms with Gasteiger partial charge in [0.2, 0.25) is 0 Å². The Bertz CT molecular complexity index is 1430. The van der Waals surface area contributed by atoms with E-state index in [-0.39, 0.29) is 19.6 Å². The van der Waals surface area contributed by atoms with Crippen molar-refractivity contribution < 1.29 is 69.0 Å². The summed E-state index contributed by atoms with van der Waals surface area (Å²) in [5.41, 5.74) is 0. The van der Waals surface area contributed by atoms with E-state index in [1.807, 2.05) is 0 Å². The quantitative estimate of drug-likeness (QED) is 0.0184. The van der Waals surface area contributed by atoms with E-state index in [9.17, 15) is 40.5 Å². The number of carbonyl (C=O) groups is 1. The first-order chi connectivity index (χ1) is 32.6. The number of aliphatic hydroxyl groups is 7. The van der Waals surface area contributed by atoms with Crippen molar-refractivity contribution in [2.45, 2.75) is 210 Å². The van der Waals surface area contributed by atoms with Crippen LogP contribution in [0, 0.1) is 0 Å². The van der Waals surface area contributed by atoms with Crippen LogP contribution in [0.1, 0.15) is 142 Å². The number of unbranched alkanes of at least 4 members (excludes halogenated alkanes) is 10. The van der Waals surface area contributed by atoms with Crippen LogP contribution in [0.5, 0.6) is 0 Å². The standard InChI is InChI=1S/C53H88O14/c1-3-5-7-9-11-13-15-17-18-19-20-21-22-23-24-25-26-28-30-32-34-36-45(55)65-42(39-62-37-35-33-31-29-27-16-14-12-10-8-6-4-2)40-63-52-51(61)49(59)47(57)44(67-52)41-64-53-50(60)48(58)46(56)43(38-54)66-53/h5,7,10-13,17-18,20-21,23-24,26,28,42-44,46-54,56-61H,3-4,6,8-9,14-16,19,22,25,27,29-41H2,1-2H3/b7-5-,12-10-,13-11-,18-17-,21-20-,24-23-,28-26-. The molecule has 2 rings (SSSR count). The summed E-state index contributed by atoms with van der Waals surface area (Å²) in [6.45, 7) is 3.43. The second-order valence-corrected chi connectivity index (χ2v) is 17.3. The minimum atomic E-state index is -1.72. The largest absolute Gasteiger partial charge is 0.457 e. The number of ether oxygens (including phenoxy) is 6. The fourth-order valence-electron chi connectivity index (χ4n) is 7.27. The molecule has 0 aromatic rings. The number of aliphatic hydroxyl groups excluding tert-OH is 7. The van der Waals surface area contributed by atoms with Crippen LogP contribution in [-0.2, 0) is 33.2 Å². The smallest absolute Gasteiger partial charge is 0.306 e. The van der Waals surface area contributed by atoms with Crippen molar-refractivity contribution in [1.82, 2.24) is 0 Å². The topological polar surface area (TPSA) is 214 Å². The van der Waals surface area contributed by atoms with Crippen molar-refractivity contribution in [2.24, 2.45) is 0 Å². The Morgan fingerprint density at radius 2 is 0.970 bits per heavy atom. The fourth-order valence-corrected chi connectivity index (χ4v) is 7.27. The van der Waals surface area contributed by atoms with E-state index >= 15 is 0 Å². The van der Waals surface area contributed by atoms with Gasteiger partial charge in [-0.05, 0) is 83.5 Å². The average molecular weight is 949 g/mol. The Morgan fingerprint density at radius 1 is 0.507 bits per heavy atom. The monoisotopic (exact) mass is 949 g/mol. The SMILES string of the molecule is CC/C=C\C/C=C\C/C=C\C/C=C\C/C=C\C/C=C\CCCCC(=O)OC(COCCCCCCCC/C=C\CCCC)COC1OC(COC2OC(CO)C(O)C(O)C2O)C(O)C(O)C1O. The van der Waals surface area contributed by atoms with Gasteiger partial charge in [0.25, 0.3) is 0 Å². The van der Waals surface area contributed by atoms with Gasteiger partial charge in [0.05, 0.1) is 26.4 Å². The third-order valence-electron chi connectivity index (χ3n) is 11.4. The molecule has 0 saturated carbocycles. The van der Waals surface area contributed by atoms with Crippen LogP contribution in [0.4, 0.5) is 0 Å². The zero-order valence-electron chi connectivity index (χ0n) is 40.6. The van der Waals surface area contributed by atoms with E-state index in [0.29, 0.717) is 13.0 Å². The second kappa shape index (κ2) is 40.0. The summed E-state index contributed by atoms with van der Waals surface area (Å²) in [6, 6.07) is 0. The lowest BCUT2D eigenvalue weighted by molar-refractivity contribution is -0.332. The Morgan fingerprint density at radius 3 is 1.54 bits per heavy atom. The maximum atomic E-state index is 13.0.